The highest BCUT2D eigenvalue weighted by atomic mass is 19.1. The van der Waals surface area contributed by atoms with Crippen LogP contribution in [0.15, 0.2) is 72.0 Å². The number of hydrogen-bond acceptors (Lipinski definition) is 9. The lowest BCUT2D eigenvalue weighted by Crippen LogP contribution is -2.57. The van der Waals surface area contributed by atoms with Crippen LogP contribution in [0.4, 0.5) is 25.4 Å². The highest BCUT2D eigenvalue weighted by molar-refractivity contribution is 5.99. The van der Waals surface area contributed by atoms with Crippen molar-refractivity contribution in [3.05, 3.63) is 83.3 Å². The molecule has 2 aromatic rings. The molecule has 7 atom stereocenters. The van der Waals surface area contributed by atoms with E-state index in [1.807, 2.05) is 71.9 Å². The number of allylic oxidation sites excluding steroid dienone is 3. The van der Waals surface area contributed by atoms with Crippen molar-refractivity contribution in [1.82, 2.24) is 25.8 Å². The van der Waals surface area contributed by atoms with Gasteiger partial charge < -0.3 is 45.4 Å². The molecular formula is C48H62FN7O8. The Bertz CT molecular complexity index is 2210. The third-order valence-corrected chi connectivity index (χ3v) is 13.6. The van der Waals surface area contributed by atoms with E-state index >= 15 is 0 Å². The topological polar surface area (TPSA) is 179 Å². The van der Waals surface area contributed by atoms with Crippen LogP contribution in [0.5, 0.6) is 0 Å². The number of hydrogen-bond donors (Lipinski definition) is 4. The molecule has 344 valence electrons. The zero-order valence-electron chi connectivity index (χ0n) is 38.1. The number of rotatable bonds is 10. The standard InChI is InChI=1S/C48H62FN7O8/c1-46(2,3)38(52-44(61)63-7)42(59)54-25-9-11-36(54)40(57)50-30-17-13-28(14-18-30)48-24-23-35(56(48)32-20-15-29(49)16-21-32)33-22-19-31(27-34(33)48)51-41(58)37-12-10-26-55(37)43(60)39(47(4,5)6)53-45(62)64-8/h13-22,34-39H,9-12,23-27H2,1-8H3,(H,50,57)(H,51,58)(H,52,61)(H,53,62)/t34?,35-,36-,37-,38+,39+,48+/m0/s1. The van der Waals surface area contributed by atoms with Crippen LogP contribution < -0.4 is 26.2 Å². The van der Waals surface area contributed by atoms with Crippen molar-refractivity contribution in [2.24, 2.45) is 16.7 Å². The summed E-state index contributed by atoms with van der Waals surface area (Å²) < 4.78 is 23.9. The SMILES string of the molecule is COC(=O)N[C@H](C(=O)N1CCC[C@H]1C(=O)NC1=CC=C2C(C1)[C@]1(c3ccc(NC(=O)[C@@H]4CCCN4C(=O)[C@@H](NC(=O)OC)C(C)(C)C)cc3)CC[C@@H]2N1c1ccc(F)cc1)C(C)(C)C. The van der Waals surface area contributed by atoms with Gasteiger partial charge in [0, 0.05) is 36.1 Å². The van der Waals surface area contributed by atoms with Gasteiger partial charge in [-0.2, -0.15) is 0 Å². The summed E-state index contributed by atoms with van der Waals surface area (Å²) in [5.74, 6) is -1.70. The van der Waals surface area contributed by atoms with E-state index in [1.54, 1.807) is 21.9 Å². The number of carbonyl (C=O) groups is 6. The molecule has 4 fully saturated rings. The number of halogens is 1. The molecule has 0 saturated carbocycles. The van der Waals surface area contributed by atoms with Crippen molar-refractivity contribution in [3.8, 4) is 0 Å². The van der Waals surface area contributed by atoms with E-state index in [4.69, 9.17) is 9.47 Å². The van der Waals surface area contributed by atoms with Crippen LogP contribution in [-0.4, -0.2) is 103 Å². The first-order valence-electron chi connectivity index (χ1n) is 22.3. The average molecular weight is 884 g/mol. The molecule has 15 nitrogen and oxygen atoms in total. The van der Waals surface area contributed by atoms with Crippen LogP contribution >= 0.6 is 0 Å². The van der Waals surface area contributed by atoms with Gasteiger partial charge in [-0.25, -0.2) is 14.0 Å². The third kappa shape index (κ3) is 8.79. The minimum absolute atomic E-state index is 0.0272. The van der Waals surface area contributed by atoms with Crippen LogP contribution in [0.3, 0.4) is 0 Å². The Labute approximate surface area is 374 Å². The van der Waals surface area contributed by atoms with Crippen molar-refractivity contribution < 1.29 is 42.6 Å². The number of nitrogens with one attached hydrogen (secondary N) is 4. The van der Waals surface area contributed by atoms with Crippen molar-refractivity contribution in [2.75, 3.05) is 37.5 Å². The number of likely N-dealkylation sites (tertiary alicyclic amines) is 2. The normalized spacial score (nSPS) is 24.8. The molecule has 64 heavy (non-hydrogen) atoms. The molecule has 4 heterocycles. The number of ether oxygens (including phenoxy) is 2. The molecule has 0 aromatic heterocycles. The molecule has 7 rings (SSSR count). The third-order valence-electron chi connectivity index (χ3n) is 13.6. The number of benzene rings is 2. The number of fused-ring (bicyclic) bond motifs is 5. The lowest BCUT2D eigenvalue weighted by atomic mass is 9.68. The van der Waals surface area contributed by atoms with E-state index < -0.39 is 52.7 Å². The predicted molar refractivity (Wildman–Crippen MR) is 238 cm³/mol. The van der Waals surface area contributed by atoms with Crippen LogP contribution in [-0.2, 0) is 34.2 Å². The second kappa shape index (κ2) is 17.9. The molecule has 2 aromatic carbocycles. The van der Waals surface area contributed by atoms with Gasteiger partial charge in [0.25, 0.3) is 0 Å². The first-order chi connectivity index (χ1) is 30.3. The van der Waals surface area contributed by atoms with Gasteiger partial charge in [0.15, 0.2) is 0 Å². The maximum absolute atomic E-state index is 14.3. The van der Waals surface area contributed by atoms with Crippen molar-refractivity contribution in [1.29, 1.82) is 0 Å². The van der Waals surface area contributed by atoms with Gasteiger partial charge in [-0.15, -0.1) is 0 Å². The number of anilines is 2. The first-order valence-corrected chi connectivity index (χ1v) is 22.3. The van der Waals surface area contributed by atoms with E-state index in [2.05, 4.69) is 32.2 Å². The molecule has 6 amide bonds. The summed E-state index contributed by atoms with van der Waals surface area (Å²) in [7, 11) is 2.48. The molecule has 1 aliphatic carbocycles. The van der Waals surface area contributed by atoms with Gasteiger partial charge in [-0.1, -0.05) is 59.8 Å². The summed E-state index contributed by atoms with van der Waals surface area (Å²) >= 11 is 0. The summed E-state index contributed by atoms with van der Waals surface area (Å²) in [6.45, 7) is 11.8. The summed E-state index contributed by atoms with van der Waals surface area (Å²) in [4.78, 5) is 85.6. The van der Waals surface area contributed by atoms with Crippen molar-refractivity contribution >= 4 is 47.2 Å². The smallest absolute Gasteiger partial charge is 0.407 e. The molecule has 4 N–H and O–H groups in total. The minimum atomic E-state index is -0.900. The zero-order chi connectivity index (χ0) is 46.3. The molecule has 16 heteroatoms. The van der Waals surface area contributed by atoms with Crippen LogP contribution in [0.1, 0.15) is 92.1 Å². The Hall–Kier alpha value is -5.93. The van der Waals surface area contributed by atoms with Crippen LogP contribution in [0.25, 0.3) is 0 Å². The molecule has 0 radical (unpaired) electrons. The molecule has 4 saturated heterocycles. The summed E-state index contributed by atoms with van der Waals surface area (Å²) in [6.07, 6.45) is 6.98. The molecule has 0 spiro atoms. The van der Waals surface area contributed by atoms with E-state index in [1.165, 1.54) is 31.9 Å². The van der Waals surface area contributed by atoms with Crippen LogP contribution in [0.2, 0.25) is 0 Å². The molecule has 4 aliphatic heterocycles. The highest BCUT2D eigenvalue weighted by Crippen LogP contribution is 2.62. The number of alkyl carbamates (subject to hydrolysis) is 2. The van der Waals surface area contributed by atoms with Gasteiger partial charge in [0.05, 0.1) is 25.8 Å². The summed E-state index contributed by atoms with van der Waals surface area (Å²) in [5.41, 5.74) is 2.50. The molecule has 1 unspecified atom stereocenters. The van der Waals surface area contributed by atoms with Gasteiger partial charge in [-0.05, 0) is 109 Å². The fourth-order valence-corrected chi connectivity index (χ4v) is 10.5. The fourth-order valence-electron chi connectivity index (χ4n) is 10.5. The predicted octanol–water partition coefficient (Wildman–Crippen LogP) is 6.11. The molecular weight excluding hydrogens is 822 g/mol. The maximum atomic E-state index is 14.3. The summed E-state index contributed by atoms with van der Waals surface area (Å²) in [6, 6.07) is 11.1. The monoisotopic (exact) mass is 883 g/mol. The number of carbonyl (C=O) groups excluding carboxylic acids is 6. The Kier molecular flexibility index (Phi) is 12.9. The van der Waals surface area contributed by atoms with Gasteiger partial charge in [0.1, 0.15) is 30.0 Å². The van der Waals surface area contributed by atoms with E-state index in [0.29, 0.717) is 50.9 Å². The Morgan fingerprint density at radius 1 is 0.703 bits per heavy atom. The number of nitrogens with zero attached hydrogens (tertiary/aromatic N) is 3. The Morgan fingerprint density at radius 3 is 1.72 bits per heavy atom. The second-order valence-corrected chi connectivity index (χ2v) is 19.7. The van der Waals surface area contributed by atoms with Gasteiger partial charge in [0.2, 0.25) is 23.6 Å². The Morgan fingerprint density at radius 2 is 1.22 bits per heavy atom. The largest absolute Gasteiger partial charge is 0.453 e. The van der Waals surface area contributed by atoms with Gasteiger partial charge >= 0.3 is 12.2 Å². The fraction of sp³-hybridized carbons (Fsp3) is 0.542. The van der Waals surface area contributed by atoms with Crippen molar-refractivity contribution in [3.63, 3.8) is 0 Å². The summed E-state index contributed by atoms with van der Waals surface area (Å²) in [5, 5.41) is 11.5. The zero-order valence-corrected chi connectivity index (χ0v) is 38.1. The van der Waals surface area contributed by atoms with Crippen molar-refractivity contribution in [2.45, 2.75) is 122 Å². The van der Waals surface area contributed by atoms with Crippen LogP contribution in [0, 0.1) is 22.6 Å². The Balaban J connectivity index is 1.11. The number of methoxy groups -OCH3 is 2. The van der Waals surface area contributed by atoms with E-state index in [-0.39, 0.29) is 41.4 Å². The minimum Gasteiger partial charge on any atom is -0.453 e. The van der Waals surface area contributed by atoms with Gasteiger partial charge in [-0.3, -0.25) is 19.2 Å². The lowest BCUT2D eigenvalue weighted by molar-refractivity contribution is -0.141. The second-order valence-electron chi connectivity index (χ2n) is 19.7. The molecule has 5 aliphatic rings. The lowest BCUT2D eigenvalue weighted by Gasteiger charge is -2.42. The number of amides is 6. The maximum Gasteiger partial charge on any atom is 0.407 e. The van der Waals surface area contributed by atoms with E-state index in [9.17, 15) is 33.2 Å². The molecule has 2 bridgehead atoms. The van der Waals surface area contributed by atoms with E-state index in [0.717, 1.165) is 29.8 Å². The average Bonchev–Trinajstić information content (AvgIpc) is 4.07. The first kappa shape index (κ1) is 46.1. The quantitative estimate of drug-likeness (QED) is 0.219. The highest BCUT2D eigenvalue weighted by Gasteiger charge is 2.61.